The molecule has 16 heavy (non-hydrogen) atoms. The molecule has 0 bridgehead atoms. The van der Waals surface area contributed by atoms with Crippen molar-refractivity contribution in [3.8, 4) is 18.2 Å². The van der Waals surface area contributed by atoms with Crippen LogP contribution in [0, 0.1) is 34.0 Å². The Kier molecular flexibility index (Phi) is 2.27. The van der Waals surface area contributed by atoms with Crippen LogP contribution >= 0.6 is 0 Å². The van der Waals surface area contributed by atoms with E-state index in [1.165, 1.54) is 0 Å². The normalized spacial score (nSPS) is 9.06. The number of rotatable bonds is 0. The van der Waals surface area contributed by atoms with Crippen molar-refractivity contribution in [3.63, 3.8) is 0 Å². The van der Waals surface area contributed by atoms with Gasteiger partial charge >= 0.3 is 0 Å². The first-order valence-electron chi connectivity index (χ1n) is 4.58. The third kappa shape index (κ3) is 1.27. The monoisotopic (exact) mass is 203 g/mol. The van der Waals surface area contributed by atoms with Crippen LogP contribution in [0.2, 0.25) is 0 Å². The zero-order chi connectivity index (χ0) is 11.5. The maximum atomic E-state index is 9.06. The topological polar surface area (TPSA) is 71.4 Å². The van der Waals surface area contributed by atoms with Crippen LogP contribution in [0.1, 0.15) is 16.7 Å². The summed E-state index contributed by atoms with van der Waals surface area (Å²) < 4.78 is 0. The second-order valence-electron chi connectivity index (χ2n) is 3.23. The minimum atomic E-state index is 0.275. The predicted molar refractivity (Wildman–Crippen MR) is 58.1 cm³/mol. The van der Waals surface area contributed by atoms with Crippen LogP contribution in [0.4, 0.5) is 0 Å². The lowest BCUT2D eigenvalue weighted by atomic mass is 9.97. The molecule has 2 rings (SSSR count). The van der Waals surface area contributed by atoms with Crippen LogP contribution in [0.3, 0.4) is 0 Å². The lowest BCUT2D eigenvalue weighted by Gasteiger charge is -2.03. The highest BCUT2D eigenvalue weighted by atomic mass is 14.3. The summed E-state index contributed by atoms with van der Waals surface area (Å²) >= 11 is 0. The first kappa shape index (κ1) is 9.71. The van der Waals surface area contributed by atoms with Gasteiger partial charge in [-0.25, -0.2) is 0 Å². The largest absolute Gasteiger partial charge is 0.192 e. The van der Waals surface area contributed by atoms with Gasteiger partial charge in [0, 0.05) is 5.39 Å². The summed E-state index contributed by atoms with van der Waals surface area (Å²) in [4.78, 5) is 0. The van der Waals surface area contributed by atoms with Gasteiger partial charge < -0.3 is 0 Å². The molecular formula is C13H5N3. The minimum absolute atomic E-state index is 0.275. The summed E-state index contributed by atoms with van der Waals surface area (Å²) in [6.45, 7) is 0. The van der Waals surface area contributed by atoms with E-state index in [4.69, 9.17) is 15.8 Å². The minimum Gasteiger partial charge on any atom is -0.192 e. The van der Waals surface area contributed by atoms with Gasteiger partial charge in [-0.2, -0.15) is 15.8 Å². The molecule has 0 N–H and O–H groups in total. The number of hydrogen-bond acceptors (Lipinski definition) is 3. The fraction of sp³-hybridized carbons (Fsp3) is 0. The van der Waals surface area contributed by atoms with Gasteiger partial charge in [-0.15, -0.1) is 0 Å². The summed E-state index contributed by atoms with van der Waals surface area (Å²) in [5.74, 6) is 0. The molecular weight excluding hydrogens is 198 g/mol. The Balaban J connectivity index is 3.05. The molecule has 2 aromatic carbocycles. The van der Waals surface area contributed by atoms with Crippen LogP contribution < -0.4 is 0 Å². The molecule has 0 heterocycles. The molecule has 3 nitrogen and oxygen atoms in total. The van der Waals surface area contributed by atoms with E-state index in [1.807, 2.05) is 24.3 Å². The van der Waals surface area contributed by atoms with E-state index < -0.39 is 0 Å². The molecule has 0 aliphatic rings. The Hall–Kier alpha value is -2.83. The van der Waals surface area contributed by atoms with Crippen molar-refractivity contribution in [1.82, 2.24) is 0 Å². The van der Waals surface area contributed by atoms with Gasteiger partial charge in [-0.1, -0.05) is 18.2 Å². The first-order valence-corrected chi connectivity index (χ1v) is 4.58. The SMILES string of the molecule is N#Cc1ccc2cccc(C#N)c2c1C#N. The van der Waals surface area contributed by atoms with E-state index in [0.29, 0.717) is 16.5 Å². The molecule has 72 valence electrons. The van der Waals surface area contributed by atoms with Crippen molar-refractivity contribution < 1.29 is 0 Å². The molecule has 0 aliphatic carbocycles. The zero-order valence-corrected chi connectivity index (χ0v) is 8.23. The molecule has 0 saturated heterocycles. The molecule has 3 heteroatoms. The van der Waals surface area contributed by atoms with Crippen molar-refractivity contribution >= 4 is 10.8 Å². The molecule has 0 aliphatic heterocycles. The summed E-state index contributed by atoms with van der Waals surface area (Å²) in [6.07, 6.45) is 0. The molecule has 0 radical (unpaired) electrons. The smallest absolute Gasteiger partial charge is 0.101 e. The second-order valence-corrected chi connectivity index (χ2v) is 3.23. The van der Waals surface area contributed by atoms with Crippen molar-refractivity contribution in [1.29, 1.82) is 15.8 Å². The number of nitriles is 3. The van der Waals surface area contributed by atoms with E-state index >= 15 is 0 Å². The lowest BCUT2D eigenvalue weighted by molar-refractivity contribution is 1.44. The number of benzene rings is 2. The van der Waals surface area contributed by atoms with Gasteiger partial charge in [0.15, 0.2) is 0 Å². The molecule has 0 unspecified atom stereocenters. The standard InChI is InChI=1S/C13H5N3/c14-6-10-5-4-9-2-1-3-11(7-15)13(9)12(10)8-16/h1-5H. The van der Waals surface area contributed by atoms with E-state index in [-0.39, 0.29) is 5.56 Å². The van der Waals surface area contributed by atoms with Gasteiger partial charge in [-0.05, 0) is 17.5 Å². The third-order valence-electron chi connectivity index (χ3n) is 2.40. The van der Waals surface area contributed by atoms with Crippen LogP contribution in [0.15, 0.2) is 30.3 Å². The van der Waals surface area contributed by atoms with Crippen molar-refractivity contribution in [3.05, 3.63) is 47.0 Å². The van der Waals surface area contributed by atoms with Crippen molar-refractivity contribution in [2.45, 2.75) is 0 Å². The fourth-order valence-corrected chi connectivity index (χ4v) is 1.68. The summed E-state index contributed by atoms with van der Waals surface area (Å²) in [5.41, 5.74) is 1.00. The van der Waals surface area contributed by atoms with Crippen molar-refractivity contribution in [2.75, 3.05) is 0 Å². The van der Waals surface area contributed by atoms with Gasteiger partial charge in [0.25, 0.3) is 0 Å². The molecule has 0 saturated carbocycles. The maximum Gasteiger partial charge on any atom is 0.101 e. The molecule has 0 amide bonds. The van der Waals surface area contributed by atoms with Crippen LogP contribution in [-0.2, 0) is 0 Å². The van der Waals surface area contributed by atoms with E-state index in [1.54, 1.807) is 24.3 Å². The Morgan fingerprint density at radius 1 is 0.750 bits per heavy atom. The summed E-state index contributed by atoms with van der Waals surface area (Å²) in [5, 5.41) is 28.3. The Labute approximate surface area is 92.4 Å². The lowest BCUT2D eigenvalue weighted by Crippen LogP contribution is -1.89. The second kappa shape index (κ2) is 3.73. The van der Waals surface area contributed by atoms with Crippen LogP contribution in [0.5, 0.6) is 0 Å². The highest BCUT2D eigenvalue weighted by Gasteiger charge is 2.10. The van der Waals surface area contributed by atoms with Gasteiger partial charge in [0.2, 0.25) is 0 Å². The highest BCUT2D eigenvalue weighted by Crippen LogP contribution is 2.24. The third-order valence-corrected chi connectivity index (χ3v) is 2.40. The number of hydrogen-bond donors (Lipinski definition) is 0. The fourth-order valence-electron chi connectivity index (χ4n) is 1.68. The van der Waals surface area contributed by atoms with Crippen molar-refractivity contribution in [2.24, 2.45) is 0 Å². The van der Waals surface area contributed by atoms with Gasteiger partial charge in [-0.3, -0.25) is 0 Å². The average Bonchev–Trinajstić information content (AvgIpc) is 2.36. The highest BCUT2D eigenvalue weighted by molar-refractivity contribution is 5.94. The maximum absolute atomic E-state index is 9.06. The summed E-state index contributed by atoms with van der Waals surface area (Å²) in [7, 11) is 0. The predicted octanol–water partition coefficient (Wildman–Crippen LogP) is 2.45. The van der Waals surface area contributed by atoms with Gasteiger partial charge in [0.1, 0.15) is 12.1 Å². The van der Waals surface area contributed by atoms with Crippen LogP contribution in [-0.4, -0.2) is 0 Å². The Morgan fingerprint density at radius 2 is 1.50 bits per heavy atom. The molecule has 0 atom stereocenters. The van der Waals surface area contributed by atoms with E-state index in [2.05, 4.69) is 0 Å². The molecule has 2 aromatic rings. The average molecular weight is 203 g/mol. The first-order chi connectivity index (χ1) is 7.81. The van der Waals surface area contributed by atoms with E-state index in [0.717, 1.165) is 5.39 Å². The van der Waals surface area contributed by atoms with Crippen LogP contribution in [0.25, 0.3) is 10.8 Å². The zero-order valence-electron chi connectivity index (χ0n) is 8.23. The number of nitrogens with zero attached hydrogens (tertiary/aromatic N) is 3. The molecule has 0 spiro atoms. The Morgan fingerprint density at radius 3 is 2.12 bits per heavy atom. The van der Waals surface area contributed by atoms with E-state index in [9.17, 15) is 0 Å². The van der Waals surface area contributed by atoms with Gasteiger partial charge in [0.05, 0.1) is 22.8 Å². The number of fused-ring (bicyclic) bond motifs is 1. The quantitative estimate of drug-likeness (QED) is 0.660. The molecule has 0 fully saturated rings. The Bertz CT molecular complexity index is 694. The summed E-state index contributed by atoms with van der Waals surface area (Å²) in [6, 6.07) is 14.5. The molecule has 0 aromatic heterocycles.